The Kier molecular flexibility index (Phi) is 3.18. The zero-order valence-corrected chi connectivity index (χ0v) is 10.7. The third kappa shape index (κ3) is 2.18. The maximum atomic E-state index is 5.42. The van der Waals surface area contributed by atoms with Crippen molar-refractivity contribution in [1.29, 1.82) is 0 Å². The first-order valence-corrected chi connectivity index (χ1v) is 5.68. The molecule has 3 heteroatoms. The maximum Gasteiger partial charge on any atom is 0.130 e. The summed E-state index contributed by atoms with van der Waals surface area (Å²) in [5.41, 5.74) is 1.98. The van der Waals surface area contributed by atoms with Gasteiger partial charge in [-0.25, -0.2) is 0 Å². The van der Waals surface area contributed by atoms with Gasteiger partial charge in [0.15, 0.2) is 0 Å². The van der Waals surface area contributed by atoms with Crippen LogP contribution in [0.25, 0.3) is 10.9 Å². The molecule has 17 heavy (non-hydrogen) atoms. The molecule has 0 saturated carbocycles. The van der Waals surface area contributed by atoms with E-state index in [9.17, 15) is 0 Å². The summed E-state index contributed by atoms with van der Waals surface area (Å²) >= 11 is 0. The minimum absolute atomic E-state index is 0.385. The molecule has 0 unspecified atom stereocenters. The molecule has 1 heterocycles. The first-order valence-electron chi connectivity index (χ1n) is 5.68. The van der Waals surface area contributed by atoms with E-state index in [-0.39, 0.29) is 0 Å². The van der Waals surface area contributed by atoms with Gasteiger partial charge < -0.3 is 9.47 Å². The topological polar surface area (TPSA) is 31.4 Å². The number of rotatable bonds is 3. The van der Waals surface area contributed by atoms with Crippen molar-refractivity contribution in [3.63, 3.8) is 0 Å². The number of ether oxygens (including phenoxy) is 2. The number of benzene rings is 1. The highest BCUT2D eigenvalue weighted by atomic mass is 16.5. The van der Waals surface area contributed by atoms with E-state index in [1.165, 1.54) is 0 Å². The molecule has 2 aromatic rings. The Hall–Kier alpha value is -1.77. The summed E-state index contributed by atoms with van der Waals surface area (Å²) < 4.78 is 10.6. The quantitative estimate of drug-likeness (QED) is 0.811. The van der Waals surface area contributed by atoms with Crippen LogP contribution in [-0.4, -0.2) is 19.2 Å². The molecular weight excluding hydrogens is 214 g/mol. The van der Waals surface area contributed by atoms with Crippen molar-refractivity contribution in [2.75, 3.05) is 14.2 Å². The van der Waals surface area contributed by atoms with Gasteiger partial charge in [0.05, 0.1) is 19.7 Å². The molecule has 0 radical (unpaired) electrons. The van der Waals surface area contributed by atoms with Gasteiger partial charge in [-0.3, -0.25) is 4.98 Å². The van der Waals surface area contributed by atoms with E-state index >= 15 is 0 Å². The number of nitrogens with zero attached hydrogens (tertiary/aromatic N) is 1. The average molecular weight is 231 g/mol. The zero-order valence-electron chi connectivity index (χ0n) is 10.7. The summed E-state index contributed by atoms with van der Waals surface area (Å²) in [4.78, 5) is 4.62. The molecule has 0 spiro atoms. The Labute approximate surface area is 101 Å². The Balaban J connectivity index is 2.68. The Morgan fingerprint density at radius 2 is 1.82 bits per heavy atom. The van der Waals surface area contributed by atoms with Gasteiger partial charge in [0.1, 0.15) is 11.5 Å². The normalized spacial score (nSPS) is 10.9. The van der Waals surface area contributed by atoms with E-state index in [4.69, 9.17) is 9.47 Å². The molecule has 1 aromatic carbocycles. The van der Waals surface area contributed by atoms with Gasteiger partial charge in [-0.1, -0.05) is 13.8 Å². The fourth-order valence-corrected chi connectivity index (χ4v) is 1.79. The highest BCUT2D eigenvalue weighted by Gasteiger charge is 2.09. The molecule has 90 valence electrons. The van der Waals surface area contributed by atoms with Crippen molar-refractivity contribution in [3.8, 4) is 11.5 Å². The highest BCUT2D eigenvalue weighted by Crippen LogP contribution is 2.30. The van der Waals surface area contributed by atoms with Crippen LogP contribution in [0.3, 0.4) is 0 Å². The molecule has 0 N–H and O–H groups in total. The Morgan fingerprint density at radius 1 is 1.06 bits per heavy atom. The monoisotopic (exact) mass is 231 g/mol. The van der Waals surface area contributed by atoms with E-state index in [1.54, 1.807) is 14.2 Å². The predicted molar refractivity (Wildman–Crippen MR) is 68.9 cm³/mol. The predicted octanol–water partition coefficient (Wildman–Crippen LogP) is 3.38. The molecule has 0 atom stereocenters. The number of pyridine rings is 1. The summed E-state index contributed by atoms with van der Waals surface area (Å²) in [6, 6.07) is 7.82. The van der Waals surface area contributed by atoms with Gasteiger partial charge in [-0.05, 0) is 24.1 Å². The molecule has 0 aliphatic rings. The first-order chi connectivity index (χ1) is 8.15. The standard InChI is InChI=1S/C14H17NO2/c1-9(2)13-8-14(17-4)11-7-10(16-3)5-6-12(11)15-13/h5-9H,1-4H3. The summed E-state index contributed by atoms with van der Waals surface area (Å²) in [6.07, 6.45) is 0. The number of fused-ring (bicyclic) bond motifs is 1. The molecular formula is C14H17NO2. The third-order valence-corrected chi connectivity index (χ3v) is 2.81. The lowest BCUT2D eigenvalue weighted by atomic mass is 10.1. The van der Waals surface area contributed by atoms with E-state index in [1.807, 2.05) is 24.3 Å². The smallest absolute Gasteiger partial charge is 0.130 e. The Bertz CT molecular complexity index is 535. The second-order valence-electron chi connectivity index (χ2n) is 4.29. The van der Waals surface area contributed by atoms with Crippen molar-refractivity contribution in [2.45, 2.75) is 19.8 Å². The Morgan fingerprint density at radius 3 is 2.41 bits per heavy atom. The first kappa shape index (κ1) is 11.7. The zero-order chi connectivity index (χ0) is 12.4. The van der Waals surface area contributed by atoms with Crippen molar-refractivity contribution >= 4 is 10.9 Å². The number of aromatic nitrogens is 1. The van der Waals surface area contributed by atoms with E-state index < -0.39 is 0 Å². The number of methoxy groups -OCH3 is 2. The van der Waals surface area contributed by atoms with Gasteiger partial charge in [-0.15, -0.1) is 0 Å². The molecule has 2 rings (SSSR count). The molecule has 0 aliphatic carbocycles. The van der Waals surface area contributed by atoms with Gasteiger partial charge >= 0.3 is 0 Å². The number of hydrogen-bond donors (Lipinski definition) is 0. The lowest BCUT2D eigenvalue weighted by Crippen LogP contribution is -1.96. The van der Waals surface area contributed by atoms with Crippen molar-refractivity contribution < 1.29 is 9.47 Å². The van der Waals surface area contributed by atoms with Gasteiger partial charge in [0.25, 0.3) is 0 Å². The van der Waals surface area contributed by atoms with Crippen LogP contribution in [0.1, 0.15) is 25.5 Å². The van der Waals surface area contributed by atoms with Crippen LogP contribution in [0.2, 0.25) is 0 Å². The minimum atomic E-state index is 0.385. The SMILES string of the molecule is COc1ccc2nc(C(C)C)cc(OC)c2c1. The molecule has 0 amide bonds. The lowest BCUT2D eigenvalue weighted by molar-refractivity contribution is 0.411. The fraction of sp³-hybridized carbons (Fsp3) is 0.357. The molecule has 3 nitrogen and oxygen atoms in total. The molecule has 1 aromatic heterocycles. The minimum Gasteiger partial charge on any atom is -0.497 e. The summed E-state index contributed by atoms with van der Waals surface area (Å²) in [5, 5.41) is 0.983. The largest absolute Gasteiger partial charge is 0.497 e. The molecule has 0 fully saturated rings. The summed E-state index contributed by atoms with van der Waals surface area (Å²) in [6.45, 7) is 4.24. The van der Waals surface area contributed by atoms with Crippen LogP contribution >= 0.6 is 0 Å². The summed E-state index contributed by atoms with van der Waals surface area (Å²) in [7, 11) is 3.34. The van der Waals surface area contributed by atoms with Crippen molar-refractivity contribution in [1.82, 2.24) is 4.98 Å². The van der Waals surface area contributed by atoms with Crippen molar-refractivity contribution in [3.05, 3.63) is 30.0 Å². The van der Waals surface area contributed by atoms with Crippen LogP contribution < -0.4 is 9.47 Å². The highest BCUT2D eigenvalue weighted by molar-refractivity contribution is 5.86. The second kappa shape index (κ2) is 4.62. The molecule has 0 aliphatic heterocycles. The van der Waals surface area contributed by atoms with Crippen LogP contribution in [-0.2, 0) is 0 Å². The summed E-state index contributed by atoms with van der Waals surface area (Å²) in [5.74, 6) is 2.04. The fourth-order valence-electron chi connectivity index (χ4n) is 1.79. The van der Waals surface area contributed by atoms with Crippen LogP contribution in [0.15, 0.2) is 24.3 Å². The van der Waals surface area contributed by atoms with E-state index in [2.05, 4.69) is 18.8 Å². The average Bonchev–Trinajstić information content (AvgIpc) is 2.36. The third-order valence-electron chi connectivity index (χ3n) is 2.81. The van der Waals surface area contributed by atoms with Gasteiger partial charge in [0, 0.05) is 17.1 Å². The molecule has 0 saturated heterocycles. The van der Waals surface area contributed by atoms with Crippen LogP contribution in [0.5, 0.6) is 11.5 Å². The van der Waals surface area contributed by atoms with Crippen LogP contribution in [0.4, 0.5) is 0 Å². The second-order valence-corrected chi connectivity index (χ2v) is 4.29. The van der Waals surface area contributed by atoms with Crippen LogP contribution in [0, 0.1) is 0 Å². The maximum absolute atomic E-state index is 5.42. The van der Waals surface area contributed by atoms with Crippen molar-refractivity contribution in [2.24, 2.45) is 0 Å². The van der Waals surface area contributed by atoms with E-state index in [0.717, 1.165) is 28.1 Å². The van der Waals surface area contributed by atoms with Gasteiger partial charge in [0.2, 0.25) is 0 Å². The van der Waals surface area contributed by atoms with Gasteiger partial charge in [-0.2, -0.15) is 0 Å². The molecule has 0 bridgehead atoms. The van der Waals surface area contributed by atoms with E-state index in [0.29, 0.717) is 5.92 Å². The number of hydrogen-bond acceptors (Lipinski definition) is 3. The lowest BCUT2D eigenvalue weighted by Gasteiger charge is -2.11.